The molecule has 0 amide bonds. The summed E-state index contributed by atoms with van der Waals surface area (Å²) in [6, 6.07) is -0.637. The molecular formula is C6H14N2O. The van der Waals surface area contributed by atoms with Crippen LogP contribution in [0, 0.1) is 0 Å². The van der Waals surface area contributed by atoms with Gasteiger partial charge in [0.2, 0.25) is 0 Å². The van der Waals surface area contributed by atoms with Crippen LogP contribution in [0.1, 0.15) is 20.6 Å². The first-order chi connectivity index (χ1) is 5.22. The Balaban J connectivity index is 3.44. The first kappa shape index (κ1) is 5.38. The van der Waals surface area contributed by atoms with Gasteiger partial charge < -0.3 is 16.3 Å². The summed E-state index contributed by atoms with van der Waals surface area (Å²) < 4.78 is 13.4. The maximum absolute atomic E-state index is 10.4. The molecule has 3 nitrogen and oxygen atoms in total. The van der Waals surface area contributed by atoms with E-state index in [0.717, 1.165) is 12.8 Å². The maximum Gasteiger partial charge on any atom is 0.136 e. The molecule has 3 heteroatoms. The van der Waals surface area contributed by atoms with E-state index < -0.39 is 12.3 Å². The second-order valence-corrected chi connectivity index (χ2v) is 1.95. The Labute approximate surface area is 58.3 Å². The number of carbonyl (C=O) groups excluding carboxylic acids is 1. The number of hydrogen-bond donors (Lipinski definition) is 2. The number of aldehydes is 1. The standard InChI is InChI=1S/C6H14N2O/c7-4-2-1-3-6(8)5-9/h5-6H,1-4,7-8H2/t6-/m0/s1/i5D/hD. The average molecular weight is 132 g/mol. The fourth-order valence-corrected chi connectivity index (χ4v) is 0.552. The molecular weight excluding hydrogens is 116 g/mol. The van der Waals surface area contributed by atoms with Gasteiger partial charge in [0.15, 0.2) is 0 Å². The van der Waals surface area contributed by atoms with E-state index in [-0.39, 0.29) is 0 Å². The fraction of sp³-hybridized carbons (Fsp3) is 0.833. The second kappa shape index (κ2) is 5.72. The normalized spacial score (nSPS) is 16.1. The Hall–Kier alpha value is -0.410. The Morgan fingerprint density at radius 1 is 1.78 bits per heavy atom. The van der Waals surface area contributed by atoms with Crippen molar-refractivity contribution in [1.82, 2.24) is 0 Å². The molecule has 0 aromatic heterocycles. The first-order valence-corrected chi connectivity index (χ1v) is 3.10. The van der Waals surface area contributed by atoms with Crippen LogP contribution in [0.4, 0.5) is 0 Å². The van der Waals surface area contributed by atoms with Crippen molar-refractivity contribution < 1.29 is 7.58 Å². The highest BCUT2D eigenvalue weighted by Crippen LogP contribution is 1.94. The van der Waals surface area contributed by atoms with Crippen LogP contribution in [0.2, 0.25) is 1.41 Å². The zero-order valence-corrected chi connectivity index (χ0v) is 5.39. The van der Waals surface area contributed by atoms with Crippen molar-refractivity contribution in [2.45, 2.75) is 25.3 Å². The van der Waals surface area contributed by atoms with Gasteiger partial charge in [-0.25, -0.2) is 0 Å². The molecule has 4 N–H and O–H groups in total. The van der Waals surface area contributed by atoms with Crippen molar-refractivity contribution in [3.05, 3.63) is 0 Å². The second-order valence-electron chi connectivity index (χ2n) is 1.95. The van der Waals surface area contributed by atoms with Gasteiger partial charge in [-0.15, -0.1) is 0 Å². The zero-order chi connectivity index (χ0) is 8.69. The molecule has 0 saturated heterocycles. The SMILES string of the molecule is [2H]N[C@@H](CCCCN)C([2H])=O. The van der Waals surface area contributed by atoms with E-state index in [4.69, 9.17) is 8.52 Å². The first-order valence-electron chi connectivity index (χ1n) is 4.10. The van der Waals surface area contributed by atoms with E-state index in [2.05, 4.69) is 0 Å². The van der Waals surface area contributed by atoms with Crippen LogP contribution in [-0.2, 0) is 4.79 Å². The number of carbonyl (C=O) groups is 1. The fourth-order valence-electron chi connectivity index (χ4n) is 0.552. The van der Waals surface area contributed by atoms with E-state index in [9.17, 15) is 4.79 Å². The van der Waals surface area contributed by atoms with Gasteiger partial charge in [0, 0.05) is 0 Å². The Kier molecular flexibility index (Phi) is 3.42. The molecule has 0 bridgehead atoms. The topological polar surface area (TPSA) is 69.1 Å². The van der Waals surface area contributed by atoms with Crippen molar-refractivity contribution in [3.63, 3.8) is 0 Å². The molecule has 0 aliphatic rings. The molecule has 0 radical (unpaired) electrons. The molecule has 0 aliphatic carbocycles. The van der Waals surface area contributed by atoms with Gasteiger partial charge in [-0.2, -0.15) is 0 Å². The number of nitrogens with two attached hydrogens (primary N) is 2. The zero-order valence-electron chi connectivity index (χ0n) is 7.39. The van der Waals surface area contributed by atoms with Crippen LogP contribution >= 0.6 is 0 Å². The molecule has 0 spiro atoms. The molecule has 0 fully saturated rings. The largest absolute Gasteiger partial charge is 0.330 e. The van der Waals surface area contributed by atoms with Crippen LogP contribution in [0.15, 0.2) is 0 Å². The summed E-state index contributed by atoms with van der Waals surface area (Å²) in [6.07, 6.45) is 1.43. The molecule has 9 heavy (non-hydrogen) atoms. The summed E-state index contributed by atoms with van der Waals surface area (Å²) in [5.41, 5.74) is 7.27. The average Bonchev–Trinajstić information content (AvgIpc) is 1.97. The highest BCUT2D eigenvalue weighted by atomic mass is 16.1. The van der Waals surface area contributed by atoms with E-state index in [1.54, 1.807) is 0 Å². The Morgan fingerprint density at radius 3 is 3.00 bits per heavy atom. The van der Waals surface area contributed by atoms with Crippen molar-refractivity contribution in [3.8, 4) is 0 Å². The van der Waals surface area contributed by atoms with Crippen LogP contribution in [-0.4, -0.2) is 18.8 Å². The molecule has 0 unspecified atom stereocenters. The summed E-state index contributed by atoms with van der Waals surface area (Å²) in [5, 5.41) is 0. The molecule has 1 atom stereocenters. The summed E-state index contributed by atoms with van der Waals surface area (Å²) in [6.45, 7) is 0.594. The lowest BCUT2D eigenvalue weighted by molar-refractivity contribution is -0.109. The molecule has 0 rings (SSSR count). The van der Waals surface area contributed by atoms with Crippen molar-refractivity contribution >= 4 is 6.26 Å². The molecule has 0 saturated carbocycles. The van der Waals surface area contributed by atoms with Gasteiger partial charge in [-0.3, -0.25) is 0 Å². The van der Waals surface area contributed by atoms with Crippen LogP contribution < -0.4 is 11.5 Å². The summed E-state index contributed by atoms with van der Waals surface area (Å²) >= 11 is 0. The van der Waals surface area contributed by atoms with E-state index >= 15 is 0 Å². The molecule has 0 aliphatic heterocycles. The minimum Gasteiger partial charge on any atom is -0.330 e. The lowest BCUT2D eigenvalue weighted by atomic mass is 10.1. The van der Waals surface area contributed by atoms with Crippen LogP contribution in [0.3, 0.4) is 0 Å². The van der Waals surface area contributed by atoms with Crippen LogP contribution in [0.25, 0.3) is 0 Å². The molecule has 0 aromatic rings. The number of unbranched alkanes of at least 4 members (excludes halogenated alkanes) is 1. The lowest BCUT2D eigenvalue weighted by Gasteiger charge is -2.00. The van der Waals surface area contributed by atoms with Gasteiger partial charge in [0.25, 0.3) is 0 Å². The van der Waals surface area contributed by atoms with E-state index in [1.807, 2.05) is 5.73 Å². The summed E-state index contributed by atoms with van der Waals surface area (Å²) in [7, 11) is 0. The van der Waals surface area contributed by atoms with Crippen LogP contribution in [0.5, 0.6) is 0 Å². The van der Waals surface area contributed by atoms with E-state index in [0.29, 0.717) is 13.0 Å². The van der Waals surface area contributed by atoms with Crippen molar-refractivity contribution in [2.24, 2.45) is 11.5 Å². The van der Waals surface area contributed by atoms with Gasteiger partial charge in [0.05, 0.1) is 6.04 Å². The van der Waals surface area contributed by atoms with Crippen molar-refractivity contribution in [1.29, 1.82) is 0 Å². The molecule has 0 heterocycles. The highest BCUT2D eigenvalue weighted by molar-refractivity contribution is 5.56. The third-order valence-corrected chi connectivity index (χ3v) is 1.09. The third kappa shape index (κ3) is 5.46. The van der Waals surface area contributed by atoms with Gasteiger partial charge in [-0.05, 0) is 19.4 Å². The number of hydrogen-bond acceptors (Lipinski definition) is 3. The Bertz CT molecular complexity index is 121. The summed E-state index contributed by atoms with van der Waals surface area (Å²) in [5.74, 6) is 0. The maximum atomic E-state index is 10.4. The molecule has 0 aromatic carbocycles. The quantitative estimate of drug-likeness (QED) is 0.383. The monoisotopic (exact) mass is 132 g/mol. The lowest BCUT2D eigenvalue weighted by Crippen LogP contribution is -2.21. The minimum absolute atomic E-state index is 0.531. The number of rotatable bonds is 6. The molecule has 54 valence electrons. The third-order valence-electron chi connectivity index (χ3n) is 1.09. The van der Waals surface area contributed by atoms with Crippen molar-refractivity contribution in [2.75, 3.05) is 6.54 Å². The minimum atomic E-state index is -0.725. The van der Waals surface area contributed by atoms with Gasteiger partial charge >= 0.3 is 0 Å². The smallest absolute Gasteiger partial charge is 0.136 e. The van der Waals surface area contributed by atoms with Gasteiger partial charge in [-0.1, -0.05) is 6.42 Å². The van der Waals surface area contributed by atoms with E-state index in [1.165, 1.54) is 0 Å². The predicted octanol–water partition coefficient (Wildman–Crippen LogP) is -0.358. The predicted molar refractivity (Wildman–Crippen MR) is 36.9 cm³/mol. The van der Waals surface area contributed by atoms with Gasteiger partial charge in [0.1, 0.15) is 9.04 Å². The summed E-state index contributed by atoms with van der Waals surface area (Å²) in [4.78, 5) is 10.4. The highest BCUT2D eigenvalue weighted by Gasteiger charge is 1.96. The Morgan fingerprint density at radius 2 is 2.56 bits per heavy atom.